The molecule has 1 unspecified atom stereocenters. The lowest BCUT2D eigenvalue weighted by atomic mass is 9.93. The number of anilines is 1. The predicted octanol–water partition coefficient (Wildman–Crippen LogP) is 7.43. The van der Waals surface area contributed by atoms with Gasteiger partial charge in [-0.15, -0.1) is 0 Å². The Morgan fingerprint density at radius 3 is 2.16 bits per heavy atom. The van der Waals surface area contributed by atoms with Crippen LogP contribution in [-0.4, -0.2) is 22.2 Å². The summed E-state index contributed by atoms with van der Waals surface area (Å²) in [6, 6.07) is 5.05. The Morgan fingerprint density at radius 2 is 1.55 bits per heavy atom. The highest BCUT2D eigenvalue weighted by Crippen LogP contribution is 2.32. The first-order valence-electron chi connectivity index (χ1n) is 11.9. The largest absolute Gasteiger partial charge is 0.506 e. The number of hydrogen-bond donors (Lipinski definition) is 2. The van der Waals surface area contributed by atoms with Gasteiger partial charge in [-0.3, -0.25) is 9.59 Å². The molecule has 1 amide bonds. The van der Waals surface area contributed by atoms with Gasteiger partial charge in [0.15, 0.2) is 5.78 Å². The van der Waals surface area contributed by atoms with E-state index in [1.165, 1.54) is 50.3 Å². The standard InChI is InChI=1S/C26H37NO3S/c1-3-5-7-9-10-12-14-19(13-11-8-6-4-2)26(30)27-20-15-16-21-22(17-20)25(29)23(18-31)24(21)28/h15-19,29H,3-14H2,1-2H3,(H,27,30). The fraction of sp³-hybridized carbons (Fsp3) is 0.577. The second-order valence-corrected chi connectivity index (χ2v) is 8.80. The molecule has 5 heteroatoms. The highest BCUT2D eigenvalue weighted by Gasteiger charge is 2.28. The van der Waals surface area contributed by atoms with E-state index in [0.29, 0.717) is 16.8 Å². The zero-order valence-corrected chi connectivity index (χ0v) is 19.9. The summed E-state index contributed by atoms with van der Waals surface area (Å²) in [5.74, 6) is -0.335. The summed E-state index contributed by atoms with van der Waals surface area (Å²) in [5, 5.41) is 14.5. The number of amides is 1. The molecule has 0 bridgehead atoms. The van der Waals surface area contributed by atoms with Gasteiger partial charge < -0.3 is 10.4 Å². The van der Waals surface area contributed by atoms with Gasteiger partial charge in [0.25, 0.3) is 0 Å². The Morgan fingerprint density at radius 1 is 0.968 bits per heavy atom. The van der Waals surface area contributed by atoms with Crippen LogP contribution >= 0.6 is 12.2 Å². The third-order valence-corrected chi connectivity index (χ3v) is 6.32. The van der Waals surface area contributed by atoms with Crippen LogP contribution in [0.5, 0.6) is 0 Å². The number of benzene rings is 1. The lowest BCUT2D eigenvalue weighted by Crippen LogP contribution is -2.23. The minimum atomic E-state index is -0.266. The Bertz CT molecular complexity index is 800. The van der Waals surface area contributed by atoms with Gasteiger partial charge >= 0.3 is 0 Å². The molecule has 1 aromatic carbocycles. The minimum Gasteiger partial charge on any atom is -0.506 e. The molecular formula is C26H37NO3S. The Hall–Kier alpha value is -2.01. The van der Waals surface area contributed by atoms with E-state index in [-0.39, 0.29) is 28.9 Å². The minimum absolute atomic E-state index is 0.00130. The molecule has 0 aliphatic heterocycles. The van der Waals surface area contributed by atoms with Crippen LogP contribution in [-0.2, 0) is 4.79 Å². The van der Waals surface area contributed by atoms with E-state index in [1.54, 1.807) is 18.2 Å². The fourth-order valence-electron chi connectivity index (χ4n) is 4.16. The third kappa shape index (κ3) is 7.27. The Balaban J connectivity index is 2.00. The van der Waals surface area contributed by atoms with Crippen LogP contribution in [0.2, 0.25) is 0 Å². The number of carbonyl (C=O) groups is 2. The number of fused-ring (bicyclic) bond motifs is 1. The maximum atomic E-state index is 13.0. The molecule has 2 N–H and O–H groups in total. The first-order chi connectivity index (χ1) is 15.0. The van der Waals surface area contributed by atoms with Crippen molar-refractivity contribution in [1.82, 2.24) is 0 Å². The number of rotatable bonds is 15. The van der Waals surface area contributed by atoms with E-state index < -0.39 is 0 Å². The van der Waals surface area contributed by atoms with Crippen molar-refractivity contribution in [3.63, 3.8) is 0 Å². The van der Waals surface area contributed by atoms with E-state index in [0.717, 1.165) is 32.1 Å². The van der Waals surface area contributed by atoms with Crippen molar-refractivity contribution in [2.75, 3.05) is 5.32 Å². The van der Waals surface area contributed by atoms with Gasteiger partial charge in [0, 0.05) is 28.1 Å². The third-order valence-electron chi connectivity index (χ3n) is 6.09. The van der Waals surface area contributed by atoms with Gasteiger partial charge in [-0.25, -0.2) is 0 Å². The number of carbonyl (C=O) groups excluding carboxylic acids is 2. The lowest BCUT2D eigenvalue weighted by Gasteiger charge is -2.17. The molecule has 1 atom stereocenters. The smallest absolute Gasteiger partial charge is 0.227 e. The van der Waals surface area contributed by atoms with Crippen molar-refractivity contribution in [3.8, 4) is 0 Å². The SMILES string of the molecule is CCCCCCCCC(CCCCCC)C(=O)Nc1ccc2c(c1)C(O)=C(C=S)C2=O. The summed E-state index contributed by atoms with van der Waals surface area (Å²) in [5.41, 5.74) is 1.62. The van der Waals surface area contributed by atoms with Crippen molar-refractivity contribution in [1.29, 1.82) is 0 Å². The molecule has 170 valence electrons. The van der Waals surface area contributed by atoms with Crippen LogP contribution in [0.3, 0.4) is 0 Å². The number of aliphatic hydroxyl groups excluding tert-OH is 1. The summed E-state index contributed by atoms with van der Waals surface area (Å²) in [4.78, 5) is 25.3. The van der Waals surface area contributed by atoms with Gasteiger partial charge in [0.2, 0.25) is 5.91 Å². The summed E-state index contributed by atoms with van der Waals surface area (Å²) < 4.78 is 0. The molecule has 0 radical (unpaired) electrons. The van der Waals surface area contributed by atoms with E-state index in [2.05, 4.69) is 19.2 Å². The maximum absolute atomic E-state index is 13.0. The quantitative estimate of drug-likeness (QED) is 0.218. The average Bonchev–Trinajstić information content (AvgIpc) is 3.01. The lowest BCUT2D eigenvalue weighted by molar-refractivity contribution is -0.120. The first-order valence-corrected chi connectivity index (χ1v) is 12.4. The van der Waals surface area contributed by atoms with Crippen LogP contribution in [0.25, 0.3) is 5.76 Å². The molecule has 1 aromatic rings. The number of nitrogens with one attached hydrogen (secondary N) is 1. The van der Waals surface area contributed by atoms with Crippen LogP contribution < -0.4 is 5.32 Å². The monoisotopic (exact) mass is 443 g/mol. The van der Waals surface area contributed by atoms with E-state index in [9.17, 15) is 14.7 Å². The first kappa shape index (κ1) is 25.3. The summed E-state index contributed by atoms with van der Waals surface area (Å²) >= 11 is 4.85. The molecule has 0 aromatic heterocycles. The van der Waals surface area contributed by atoms with Gasteiger partial charge in [-0.2, -0.15) is 0 Å². The van der Waals surface area contributed by atoms with Crippen molar-refractivity contribution in [2.45, 2.75) is 90.9 Å². The number of aliphatic hydroxyl groups is 1. The van der Waals surface area contributed by atoms with E-state index in [4.69, 9.17) is 12.2 Å². The molecule has 0 heterocycles. The molecule has 31 heavy (non-hydrogen) atoms. The van der Waals surface area contributed by atoms with Crippen molar-refractivity contribution >= 4 is 40.7 Å². The number of ketones is 1. The zero-order valence-electron chi connectivity index (χ0n) is 19.0. The Labute approximate surface area is 192 Å². The number of unbranched alkanes of at least 4 members (excludes halogenated alkanes) is 8. The zero-order chi connectivity index (χ0) is 22.6. The predicted molar refractivity (Wildman–Crippen MR) is 133 cm³/mol. The Kier molecular flexibility index (Phi) is 10.9. The number of hydrogen-bond acceptors (Lipinski definition) is 4. The van der Waals surface area contributed by atoms with E-state index in [1.807, 2.05) is 0 Å². The number of thiocarbonyl (C=S) groups is 1. The summed E-state index contributed by atoms with van der Waals surface area (Å²) in [7, 11) is 0. The molecule has 0 fully saturated rings. The molecule has 4 nitrogen and oxygen atoms in total. The number of Topliss-reactive ketones (excluding diaryl/α,β-unsaturated/α-hetero) is 1. The maximum Gasteiger partial charge on any atom is 0.227 e. The highest BCUT2D eigenvalue weighted by molar-refractivity contribution is 7.79. The molecule has 2 rings (SSSR count). The summed E-state index contributed by atoms with van der Waals surface area (Å²) in [6.45, 7) is 4.41. The van der Waals surface area contributed by atoms with Crippen LogP contribution in [0.1, 0.15) is 107 Å². The molecule has 0 spiro atoms. The molecule has 0 saturated carbocycles. The van der Waals surface area contributed by atoms with Crippen LogP contribution in [0.4, 0.5) is 5.69 Å². The van der Waals surface area contributed by atoms with Crippen LogP contribution in [0.15, 0.2) is 23.8 Å². The summed E-state index contributed by atoms with van der Waals surface area (Å²) in [6.07, 6.45) is 13.7. The van der Waals surface area contributed by atoms with Crippen LogP contribution in [0, 0.1) is 5.92 Å². The number of allylic oxidation sites excluding steroid dienone is 1. The fourth-order valence-corrected chi connectivity index (χ4v) is 4.38. The molecular weight excluding hydrogens is 406 g/mol. The second kappa shape index (κ2) is 13.4. The average molecular weight is 444 g/mol. The van der Waals surface area contributed by atoms with E-state index >= 15 is 0 Å². The van der Waals surface area contributed by atoms with Gasteiger partial charge in [0.05, 0.1) is 5.57 Å². The van der Waals surface area contributed by atoms with Crippen molar-refractivity contribution < 1.29 is 14.7 Å². The van der Waals surface area contributed by atoms with Gasteiger partial charge in [-0.1, -0.05) is 90.3 Å². The normalized spacial score (nSPS) is 13.9. The van der Waals surface area contributed by atoms with Gasteiger partial charge in [-0.05, 0) is 31.0 Å². The molecule has 1 aliphatic rings. The topological polar surface area (TPSA) is 66.4 Å². The highest BCUT2D eigenvalue weighted by atomic mass is 32.1. The van der Waals surface area contributed by atoms with Gasteiger partial charge in [0.1, 0.15) is 5.76 Å². The van der Waals surface area contributed by atoms with Crippen molar-refractivity contribution in [2.24, 2.45) is 5.92 Å². The second-order valence-electron chi connectivity index (χ2n) is 8.56. The molecule has 0 saturated heterocycles. The molecule has 1 aliphatic carbocycles. The van der Waals surface area contributed by atoms with Crippen molar-refractivity contribution in [3.05, 3.63) is 34.9 Å².